The summed E-state index contributed by atoms with van der Waals surface area (Å²) in [5.41, 5.74) is 1.08. The molecule has 80 valence electrons. The molecular formula is C11H18S3. The first kappa shape index (κ1) is 10.2. The Morgan fingerprint density at radius 1 is 1.07 bits per heavy atom. The van der Waals surface area contributed by atoms with Gasteiger partial charge < -0.3 is 0 Å². The number of rotatable bonds is 1. The summed E-state index contributed by atoms with van der Waals surface area (Å²) in [6.45, 7) is 4.83. The van der Waals surface area contributed by atoms with Crippen LogP contribution in [0.4, 0.5) is 0 Å². The van der Waals surface area contributed by atoms with Gasteiger partial charge in [-0.15, -0.1) is 11.8 Å². The van der Waals surface area contributed by atoms with Gasteiger partial charge in [-0.2, -0.15) is 25.3 Å². The molecule has 4 aliphatic rings. The van der Waals surface area contributed by atoms with Crippen molar-refractivity contribution in [3.05, 3.63) is 0 Å². The third kappa shape index (κ3) is 1.02. The monoisotopic (exact) mass is 246 g/mol. The smallest absolute Gasteiger partial charge is 0.0606 e. The first-order valence-corrected chi connectivity index (χ1v) is 7.21. The lowest BCUT2D eigenvalue weighted by Gasteiger charge is -2.42. The van der Waals surface area contributed by atoms with Crippen LogP contribution in [0, 0.1) is 10.8 Å². The molecule has 2 heterocycles. The van der Waals surface area contributed by atoms with Crippen molar-refractivity contribution < 1.29 is 0 Å². The lowest BCUT2D eigenvalue weighted by Crippen LogP contribution is -2.33. The quantitative estimate of drug-likeness (QED) is 0.660. The van der Waals surface area contributed by atoms with E-state index in [1.807, 2.05) is 11.8 Å². The SMILES string of the molecule is CCC12C[C@]3(S)CC1(C)C[C@](S)(C2)S3. The number of hydrogen-bond acceptors (Lipinski definition) is 3. The molecule has 14 heavy (non-hydrogen) atoms. The summed E-state index contributed by atoms with van der Waals surface area (Å²) < 4.78 is 0.478. The highest BCUT2D eigenvalue weighted by Crippen LogP contribution is 2.81. The summed E-state index contributed by atoms with van der Waals surface area (Å²) in [5.74, 6) is 0. The van der Waals surface area contributed by atoms with E-state index in [2.05, 4.69) is 13.8 Å². The molecule has 0 amide bonds. The summed E-state index contributed by atoms with van der Waals surface area (Å²) in [5, 5.41) is 0. The minimum Gasteiger partial charge on any atom is -0.161 e. The van der Waals surface area contributed by atoms with Crippen molar-refractivity contribution in [3.8, 4) is 0 Å². The van der Waals surface area contributed by atoms with Gasteiger partial charge in [-0.05, 0) is 42.9 Å². The van der Waals surface area contributed by atoms with Crippen molar-refractivity contribution in [2.75, 3.05) is 0 Å². The van der Waals surface area contributed by atoms with Crippen LogP contribution < -0.4 is 0 Å². The van der Waals surface area contributed by atoms with E-state index in [9.17, 15) is 0 Å². The number of hydrogen-bond donors (Lipinski definition) is 2. The Balaban J connectivity index is 2.12. The van der Waals surface area contributed by atoms with Crippen LogP contribution in [0.5, 0.6) is 0 Å². The van der Waals surface area contributed by atoms with Crippen molar-refractivity contribution >= 4 is 37.0 Å². The predicted octanol–water partition coefficient (Wildman–Crippen LogP) is 3.98. The van der Waals surface area contributed by atoms with Crippen LogP contribution in [-0.2, 0) is 0 Å². The van der Waals surface area contributed by atoms with Gasteiger partial charge >= 0.3 is 0 Å². The molecule has 4 bridgehead atoms. The van der Waals surface area contributed by atoms with E-state index in [1.165, 1.54) is 32.1 Å². The maximum absolute atomic E-state index is 4.91. The van der Waals surface area contributed by atoms with Crippen LogP contribution in [0.1, 0.15) is 46.0 Å². The molecule has 4 atom stereocenters. The van der Waals surface area contributed by atoms with Crippen LogP contribution >= 0.6 is 37.0 Å². The molecule has 0 N–H and O–H groups in total. The summed E-state index contributed by atoms with van der Waals surface area (Å²) in [7, 11) is 0. The van der Waals surface area contributed by atoms with E-state index < -0.39 is 0 Å². The van der Waals surface area contributed by atoms with Gasteiger partial charge in [0.25, 0.3) is 0 Å². The molecule has 2 saturated carbocycles. The molecule has 0 aromatic carbocycles. The molecule has 0 aromatic rings. The third-order valence-corrected chi connectivity index (χ3v) is 7.42. The summed E-state index contributed by atoms with van der Waals surface area (Å²) >= 11 is 11.9. The van der Waals surface area contributed by atoms with Crippen molar-refractivity contribution in [2.24, 2.45) is 10.8 Å². The van der Waals surface area contributed by atoms with Crippen LogP contribution in [0.15, 0.2) is 0 Å². The normalized spacial score (nSPS) is 65.1. The summed E-state index contributed by atoms with van der Waals surface area (Å²) in [4.78, 5) is 0. The summed E-state index contributed by atoms with van der Waals surface area (Å²) in [6.07, 6.45) is 6.52. The topological polar surface area (TPSA) is 0 Å². The first-order chi connectivity index (χ1) is 6.35. The standard InChI is InChI=1S/C11H18S3/c1-3-9-6-10(12)4-8(9,2)5-11(13,7-9)14-10/h12-13H,3-7H2,1-2H3/t8?,9?,10-,11+. The average molecular weight is 246 g/mol. The Bertz CT molecular complexity index is 281. The highest BCUT2D eigenvalue weighted by molar-refractivity contribution is 8.19. The molecule has 4 fully saturated rings. The van der Waals surface area contributed by atoms with Gasteiger partial charge in [0, 0.05) is 0 Å². The summed E-state index contributed by atoms with van der Waals surface area (Å²) in [6, 6.07) is 0. The minimum atomic E-state index is 0.239. The molecule has 0 nitrogen and oxygen atoms in total. The second-order valence-electron chi connectivity index (χ2n) is 5.90. The van der Waals surface area contributed by atoms with Crippen LogP contribution in [0.3, 0.4) is 0 Å². The van der Waals surface area contributed by atoms with Gasteiger partial charge in [-0.25, -0.2) is 0 Å². The molecule has 0 spiro atoms. The first-order valence-electron chi connectivity index (χ1n) is 5.49. The Morgan fingerprint density at radius 3 is 1.93 bits per heavy atom. The zero-order chi connectivity index (χ0) is 10.2. The van der Waals surface area contributed by atoms with Gasteiger partial charge in [0.05, 0.1) is 8.16 Å². The Kier molecular flexibility index (Phi) is 1.81. The van der Waals surface area contributed by atoms with Crippen LogP contribution in [0.25, 0.3) is 0 Å². The van der Waals surface area contributed by atoms with Crippen molar-refractivity contribution in [3.63, 3.8) is 0 Å². The van der Waals surface area contributed by atoms with E-state index in [4.69, 9.17) is 25.3 Å². The number of thioether (sulfide) groups is 1. The van der Waals surface area contributed by atoms with E-state index >= 15 is 0 Å². The highest BCUT2D eigenvalue weighted by atomic mass is 32.2. The molecule has 0 radical (unpaired) electrons. The second-order valence-corrected chi connectivity index (χ2v) is 9.98. The average Bonchev–Trinajstić information content (AvgIpc) is 2.22. The van der Waals surface area contributed by atoms with Gasteiger partial charge in [0.1, 0.15) is 0 Å². The molecular weight excluding hydrogens is 228 g/mol. The van der Waals surface area contributed by atoms with E-state index in [1.54, 1.807) is 0 Å². The van der Waals surface area contributed by atoms with Crippen LogP contribution in [0.2, 0.25) is 0 Å². The van der Waals surface area contributed by atoms with E-state index in [-0.39, 0.29) is 8.16 Å². The van der Waals surface area contributed by atoms with Crippen LogP contribution in [-0.4, -0.2) is 8.16 Å². The molecule has 3 heteroatoms. The van der Waals surface area contributed by atoms with Gasteiger partial charge in [0.2, 0.25) is 0 Å². The van der Waals surface area contributed by atoms with Crippen molar-refractivity contribution in [2.45, 2.75) is 54.1 Å². The lowest BCUT2D eigenvalue weighted by molar-refractivity contribution is 0.126. The molecule has 2 saturated heterocycles. The minimum absolute atomic E-state index is 0.239. The fourth-order valence-electron chi connectivity index (χ4n) is 4.50. The zero-order valence-corrected chi connectivity index (χ0v) is 11.4. The predicted molar refractivity (Wildman–Crippen MR) is 70.3 cm³/mol. The van der Waals surface area contributed by atoms with Crippen molar-refractivity contribution in [1.82, 2.24) is 0 Å². The highest BCUT2D eigenvalue weighted by Gasteiger charge is 2.72. The van der Waals surface area contributed by atoms with Gasteiger partial charge in [-0.1, -0.05) is 13.8 Å². The molecule has 2 aliphatic heterocycles. The second kappa shape index (κ2) is 2.48. The van der Waals surface area contributed by atoms with Gasteiger partial charge in [0.15, 0.2) is 0 Å². The molecule has 2 aliphatic carbocycles. The van der Waals surface area contributed by atoms with Gasteiger partial charge in [-0.3, -0.25) is 0 Å². The largest absolute Gasteiger partial charge is 0.161 e. The maximum atomic E-state index is 4.91. The fourth-order valence-corrected chi connectivity index (χ4v) is 9.26. The molecule has 0 aromatic heterocycles. The maximum Gasteiger partial charge on any atom is 0.0606 e. The fraction of sp³-hybridized carbons (Fsp3) is 1.00. The Morgan fingerprint density at radius 2 is 1.57 bits per heavy atom. The van der Waals surface area contributed by atoms with Crippen molar-refractivity contribution in [1.29, 1.82) is 0 Å². The Hall–Kier alpha value is 1.05. The molecule has 4 rings (SSSR count). The van der Waals surface area contributed by atoms with E-state index in [0.717, 1.165) is 0 Å². The Labute approximate surface area is 102 Å². The lowest BCUT2D eigenvalue weighted by atomic mass is 9.68. The third-order valence-electron chi connectivity index (χ3n) is 4.90. The number of thiol groups is 2. The zero-order valence-electron chi connectivity index (χ0n) is 8.84. The van der Waals surface area contributed by atoms with E-state index in [0.29, 0.717) is 10.8 Å². The molecule has 2 unspecified atom stereocenters.